The molecule has 0 atom stereocenters. The first-order chi connectivity index (χ1) is 11.6. The minimum absolute atomic E-state index is 0.216. The fourth-order valence-electron chi connectivity index (χ4n) is 3.80. The minimum Gasteiger partial charge on any atom is -0.477 e. The fourth-order valence-corrected chi connectivity index (χ4v) is 4.08. The molecule has 1 fully saturated rings. The fraction of sp³-hybridized carbons (Fsp3) is 0.412. The lowest BCUT2D eigenvalue weighted by atomic mass is 9.97. The number of aromatic carboxylic acids is 1. The molecular formula is C17H18ClN3O3. The van der Waals surface area contributed by atoms with Crippen LogP contribution in [0.15, 0.2) is 17.1 Å². The number of rotatable bonds is 2. The molecule has 0 aliphatic carbocycles. The van der Waals surface area contributed by atoms with E-state index >= 15 is 0 Å². The molecule has 6 nitrogen and oxygen atoms in total. The largest absolute Gasteiger partial charge is 0.477 e. The molecule has 2 N–H and O–H groups in total. The van der Waals surface area contributed by atoms with Crippen LogP contribution in [0.25, 0.3) is 10.9 Å². The Kier molecular flexibility index (Phi) is 3.73. The Morgan fingerprint density at radius 3 is 2.71 bits per heavy atom. The number of anilines is 1. The second-order valence-corrected chi connectivity index (χ2v) is 6.70. The topological polar surface area (TPSA) is 74.6 Å². The van der Waals surface area contributed by atoms with Crippen LogP contribution in [0.4, 0.5) is 5.69 Å². The zero-order valence-corrected chi connectivity index (χ0v) is 13.9. The van der Waals surface area contributed by atoms with Gasteiger partial charge in [-0.25, -0.2) is 4.79 Å². The Hall–Kier alpha value is -2.05. The lowest BCUT2D eigenvalue weighted by Crippen LogP contribution is -2.44. The standard InChI is InChI=1S/C17H18ClN3O3/c18-12-8-13(20-6-3-19-4-7-20)10-2-1-5-21-9-11(17(23)24)16(22)14(12)15(10)21/h8-9,19H,1-7H2,(H,23,24). The third kappa shape index (κ3) is 2.29. The van der Waals surface area contributed by atoms with Crippen molar-refractivity contribution in [1.82, 2.24) is 9.88 Å². The van der Waals surface area contributed by atoms with E-state index in [4.69, 9.17) is 11.6 Å². The quantitative estimate of drug-likeness (QED) is 0.865. The van der Waals surface area contributed by atoms with Crippen molar-refractivity contribution in [2.75, 3.05) is 31.1 Å². The van der Waals surface area contributed by atoms with Gasteiger partial charge in [-0.3, -0.25) is 4.79 Å². The maximum absolute atomic E-state index is 12.6. The van der Waals surface area contributed by atoms with Crippen molar-refractivity contribution in [3.63, 3.8) is 0 Å². The molecule has 0 spiro atoms. The van der Waals surface area contributed by atoms with Gasteiger partial charge >= 0.3 is 5.97 Å². The SMILES string of the molecule is O=C(O)c1cn2c3c(c(N4CCNCC4)cc(Cl)c3c1=O)CCC2. The van der Waals surface area contributed by atoms with Crippen molar-refractivity contribution in [2.24, 2.45) is 0 Å². The molecule has 2 aliphatic rings. The lowest BCUT2D eigenvalue weighted by molar-refractivity contribution is 0.0695. The second-order valence-electron chi connectivity index (χ2n) is 6.29. The van der Waals surface area contributed by atoms with Gasteiger partial charge in [0.15, 0.2) is 0 Å². The predicted molar refractivity (Wildman–Crippen MR) is 93.6 cm³/mol. The zero-order chi connectivity index (χ0) is 16.8. The monoisotopic (exact) mass is 347 g/mol. The van der Waals surface area contributed by atoms with Gasteiger partial charge in [-0.2, -0.15) is 0 Å². The van der Waals surface area contributed by atoms with Gasteiger partial charge in [-0.1, -0.05) is 11.6 Å². The van der Waals surface area contributed by atoms with Crippen molar-refractivity contribution in [3.8, 4) is 0 Å². The molecule has 0 radical (unpaired) electrons. The summed E-state index contributed by atoms with van der Waals surface area (Å²) in [5, 5.41) is 13.3. The summed E-state index contributed by atoms with van der Waals surface area (Å²) < 4.78 is 1.89. The van der Waals surface area contributed by atoms with Gasteiger partial charge in [0.25, 0.3) is 0 Å². The number of benzene rings is 1. The molecule has 2 aromatic rings. The summed E-state index contributed by atoms with van der Waals surface area (Å²) in [6, 6.07) is 1.84. The molecule has 1 aromatic heterocycles. The van der Waals surface area contributed by atoms with Crippen LogP contribution in [-0.2, 0) is 13.0 Å². The van der Waals surface area contributed by atoms with Crippen LogP contribution in [0.2, 0.25) is 5.02 Å². The highest BCUT2D eigenvalue weighted by atomic mass is 35.5. The third-order valence-electron chi connectivity index (χ3n) is 4.89. The van der Waals surface area contributed by atoms with Crippen LogP contribution in [0.3, 0.4) is 0 Å². The number of halogens is 1. The molecule has 24 heavy (non-hydrogen) atoms. The Balaban J connectivity index is 2.04. The highest BCUT2D eigenvalue weighted by molar-refractivity contribution is 6.36. The number of pyridine rings is 1. The summed E-state index contributed by atoms with van der Waals surface area (Å²) in [7, 11) is 0. The number of aryl methyl sites for hydroxylation is 2. The van der Waals surface area contributed by atoms with Crippen molar-refractivity contribution in [1.29, 1.82) is 0 Å². The number of hydrogen-bond donors (Lipinski definition) is 2. The first kappa shape index (κ1) is 15.5. The number of aromatic nitrogens is 1. The number of piperazine rings is 1. The Bertz CT molecular complexity index is 900. The van der Waals surface area contributed by atoms with Gasteiger partial charge in [0.05, 0.1) is 15.9 Å². The summed E-state index contributed by atoms with van der Waals surface area (Å²) in [5.74, 6) is -1.21. The van der Waals surface area contributed by atoms with Crippen LogP contribution >= 0.6 is 11.6 Å². The number of carboxylic acids is 1. The molecule has 2 aliphatic heterocycles. The van der Waals surface area contributed by atoms with Crippen molar-refractivity contribution >= 4 is 34.2 Å². The molecule has 1 aromatic carbocycles. The van der Waals surface area contributed by atoms with Gasteiger partial charge < -0.3 is 19.9 Å². The highest BCUT2D eigenvalue weighted by Crippen LogP contribution is 2.36. The highest BCUT2D eigenvalue weighted by Gasteiger charge is 2.25. The van der Waals surface area contributed by atoms with Crippen LogP contribution in [0, 0.1) is 0 Å². The zero-order valence-electron chi connectivity index (χ0n) is 13.1. The molecule has 0 saturated carbocycles. The van der Waals surface area contributed by atoms with E-state index in [1.807, 2.05) is 10.6 Å². The number of hydrogen-bond acceptors (Lipinski definition) is 4. The Morgan fingerprint density at radius 1 is 1.25 bits per heavy atom. The van der Waals surface area contributed by atoms with Crippen LogP contribution in [0.1, 0.15) is 22.3 Å². The molecular weight excluding hydrogens is 330 g/mol. The normalized spacial score (nSPS) is 17.3. The van der Waals surface area contributed by atoms with Gasteiger partial charge in [0.2, 0.25) is 5.43 Å². The first-order valence-electron chi connectivity index (χ1n) is 8.15. The number of carboxylic acid groups (broad SMARTS) is 1. The average Bonchev–Trinajstić information content (AvgIpc) is 2.59. The number of carbonyl (C=O) groups is 1. The van der Waals surface area contributed by atoms with Crippen LogP contribution in [-0.4, -0.2) is 41.8 Å². The van der Waals surface area contributed by atoms with Crippen molar-refractivity contribution in [3.05, 3.63) is 38.6 Å². The predicted octanol–water partition coefficient (Wildman–Crippen LogP) is 1.71. The second kappa shape index (κ2) is 5.79. The molecule has 0 bridgehead atoms. The van der Waals surface area contributed by atoms with Gasteiger partial charge in [-0.15, -0.1) is 0 Å². The maximum atomic E-state index is 12.6. The summed E-state index contributed by atoms with van der Waals surface area (Å²) in [5.41, 5.74) is 2.28. The van der Waals surface area contributed by atoms with Crippen molar-refractivity contribution < 1.29 is 9.90 Å². The minimum atomic E-state index is -1.21. The van der Waals surface area contributed by atoms with E-state index in [1.54, 1.807) is 0 Å². The van der Waals surface area contributed by atoms with E-state index in [9.17, 15) is 14.7 Å². The third-order valence-corrected chi connectivity index (χ3v) is 5.19. The van der Waals surface area contributed by atoms with Gasteiger partial charge in [0, 0.05) is 50.2 Å². The average molecular weight is 348 g/mol. The molecule has 0 amide bonds. The van der Waals surface area contributed by atoms with Gasteiger partial charge in [-0.05, 0) is 18.9 Å². The summed E-state index contributed by atoms with van der Waals surface area (Å²) in [6.45, 7) is 4.32. The lowest BCUT2D eigenvalue weighted by Gasteiger charge is -2.33. The first-order valence-corrected chi connectivity index (χ1v) is 8.53. The van der Waals surface area contributed by atoms with E-state index in [1.165, 1.54) is 6.20 Å². The van der Waals surface area contributed by atoms with Gasteiger partial charge in [0.1, 0.15) is 5.56 Å². The molecule has 0 unspecified atom stereocenters. The summed E-state index contributed by atoms with van der Waals surface area (Å²) >= 11 is 6.44. The van der Waals surface area contributed by atoms with Crippen LogP contribution < -0.4 is 15.6 Å². The number of nitrogens with zero attached hydrogens (tertiary/aromatic N) is 2. The van der Waals surface area contributed by atoms with Crippen LogP contribution in [0.5, 0.6) is 0 Å². The number of nitrogens with one attached hydrogen (secondary N) is 1. The van der Waals surface area contributed by atoms with Crippen molar-refractivity contribution in [2.45, 2.75) is 19.4 Å². The Labute approximate surface area is 143 Å². The van der Waals surface area contributed by atoms with E-state index in [-0.39, 0.29) is 5.56 Å². The maximum Gasteiger partial charge on any atom is 0.341 e. The van der Waals surface area contributed by atoms with E-state index in [0.717, 1.165) is 55.8 Å². The molecule has 7 heteroatoms. The Morgan fingerprint density at radius 2 is 2.00 bits per heavy atom. The summed E-state index contributed by atoms with van der Waals surface area (Å²) in [6.07, 6.45) is 3.26. The molecule has 1 saturated heterocycles. The molecule has 126 valence electrons. The summed E-state index contributed by atoms with van der Waals surface area (Å²) in [4.78, 5) is 26.3. The smallest absolute Gasteiger partial charge is 0.341 e. The van der Waals surface area contributed by atoms with E-state index in [0.29, 0.717) is 17.0 Å². The molecule has 3 heterocycles. The molecule has 4 rings (SSSR count). The van der Waals surface area contributed by atoms with E-state index < -0.39 is 11.4 Å². The van der Waals surface area contributed by atoms with E-state index in [2.05, 4.69) is 10.2 Å².